The number of nitrogens with two attached hydrogens (primary N) is 2. The van der Waals surface area contributed by atoms with E-state index >= 15 is 0 Å². The summed E-state index contributed by atoms with van der Waals surface area (Å²) in [4.78, 5) is 16.7. The Kier molecular flexibility index (Phi) is 2.90. The van der Waals surface area contributed by atoms with Crippen LogP contribution in [0.5, 0.6) is 0 Å². The van der Waals surface area contributed by atoms with E-state index in [1.54, 1.807) is 4.90 Å². The summed E-state index contributed by atoms with van der Waals surface area (Å²) < 4.78 is 0. The second-order valence-corrected chi connectivity index (χ2v) is 2.83. The third-order valence-corrected chi connectivity index (χ3v) is 1.86. The third kappa shape index (κ3) is 2.41. The maximum atomic E-state index is 11.3. The lowest BCUT2D eigenvalue weighted by molar-refractivity contribution is -0.128. The number of carbonyl (C=O) groups is 1. The lowest BCUT2D eigenvalue weighted by Gasteiger charge is -2.12. The topological polar surface area (TPSA) is 84.7 Å². The van der Waals surface area contributed by atoms with E-state index in [0.29, 0.717) is 0 Å². The molecule has 0 aliphatic carbocycles. The molecule has 0 saturated carbocycles. The Bertz CT molecular complexity index is 192. The lowest BCUT2D eigenvalue weighted by atomic mass is 10.4. The summed E-state index contributed by atoms with van der Waals surface area (Å²) in [5.41, 5.74) is 10.2. The Hall–Kier alpha value is -1.26. The normalized spacial score (nSPS) is 16.2. The highest BCUT2D eigenvalue weighted by molar-refractivity contribution is 5.83. The molecule has 68 valence electrons. The van der Waals surface area contributed by atoms with Gasteiger partial charge < -0.3 is 16.4 Å². The highest BCUT2D eigenvalue weighted by Crippen LogP contribution is 2.06. The summed E-state index contributed by atoms with van der Waals surface area (Å²) in [6.45, 7) is 1.78. The quantitative estimate of drug-likeness (QED) is 0.407. The average Bonchev–Trinajstić information content (AvgIpc) is 2.51. The van der Waals surface area contributed by atoms with E-state index in [0.717, 1.165) is 25.9 Å². The molecule has 5 nitrogen and oxygen atoms in total. The molecule has 1 rings (SSSR count). The summed E-state index contributed by atoms with van der Waals surface area (Å²) >= 11 is 0. The van der Waals surface area contributed by atoms with Crippen LogP contribution in [0.25, 0.3) is 0 Å². The number of nitrogens with zero attached hydrogens (tertiary/aromatic N) is 2. The van der Waals surface area contributed by atoms with Crippen LogP contribution in [0.2, 0.25) is 0 Å². The zero-order chi connectivity index (χ0) is 8.97. The highest BCUT2D eigenvalue weighted by Gasteiger charge is 2.16. The number of amides is 1. The monoisotopic (exact) mass is 170 g/mol. The fourth-order valence-electron chi connectivity index (χ4n) is 1.23. The van der Waals surface area contributed by atoms with Crippen molar-refractivity contribution in [3.05, 3.63) is 0 Å². The number of likely N-dealkylation sites (tertiary alicyclic amines) is 1. The van der Waals surface area contributed by atoms with Gasteiger partial charge in [0.05, 0.1) is 0 Å². The number of rotatable bonds is 2. The molecular formula is C7H14N4O. The number of aliphatic imine (C=N–C) groups is 1. The van der Waals surface area contributed by atoms with Crippen LogP contribution in [0.15, 0.2) is 4.99 Å². The van der Waals surface area contributed by atoms with Crippen molar-refractivity contribution in [2.75, 3.05) is 19.6 Å². The van der Waals surface area contributed by atoms with Crippen LogP contribution < -0.4 is 11.5 Å². The molecule has 0 bridgehead atoms. The molecule has 0 aromatic heterocycles. The van der Waals surface area contributed by atoms with Crippen LogP contribution in [-0.4, -0.2) is 36.4 Å². The van der Waals surface area contributed by atoms with Gasteiger partial charge in [-0.3, -0.25) is 4.79 Å². The van der Waals surface area contributed by atoms with Gasteiger partial charge in [-0.25, -0.2) is 4.99 Å². The maximum absolute atomic E-state index is 11.3. The zero-order valence-corrected chi connectivity index (χ0v) is 6.99. The van der Waals surface area contributed by atoms with Crippen molar-refractivity contribution >= 4 is 11.9 Å². The van der Waals surface area contributed by atoms with E-state index in [-0.39, 0.29) is 18.4 Å². The fraction of sp³-hybridized carbons (Fsp3) is 0.714. The largest absolute Gasteiger partial charge is 0.370 e. The SMILES string of the molecule is NC(N)=NCC(=O)N1CCCC1. The molecule has 1 saturated heterocycles. The van der Waals surface area contributed by atoms with Gasteiger partial charge in [0.25, 0.3) is 0 Å². The van der Waals surface area contributed by atoms with Crippen LogP contribution in [0.1, 0.15) is 12.8 Å². The first-order valence-corrected chi connectivity index (χ1v) is 4.03. The minimum absolute atomic E-state index is 0.0147. The Morgan fingerprint density at radius 2 is 1.92 bits per heavy atom. The minimum atomic E-state index is -0.0254. The molecule has 1 aliphatic rings. The molecule has 4 N–H and O–H groups in total. The minimum Gasteiger partial charge on any atom is -0.370 e. The van der Waals surface area contributed by atoms with Gasteiger partial charge in [-0.15, -0.1) is 0 Å². The van der Waals surface area contributed by atoms with Crippen molar-refractivity contribution in [2.24, 2.45) is 16.5 Å². The summed E-state index contributed by atoms with van der Waals surface area (Å²) in [6, 6.07) is 0. The van der Waals surface area contributed by atoms with E-state index in [4.69, 9.17) is 11.5 Å². The van der Waals surface area contributed by atoms with Crippen LogP contribution in [-0.2, 0) is 4.79 Å². The molecule has 12 heavy (non-hydrogen) atoms. The molecule has 1 heterocycles. The maximum Gasteiger partial charge on any atom is 0.244 e. The lowest BCUT2D eigenvalue weighted by Crippen LogP contribution is -2.31. The summed E-state index contributed by atoms with van der Waals surface area (Å²) in [5.74, 6) is -0.0107. The summed E-state index contributed by atoms with van der Waals surface area (Å²) in [5, 5.41) is 0. The molecule has 1 fully saturated rings. The molecule has 0 atom stereocenters. The zero-order valence-electron chi connectivity index (χ0n) is 6.99. The Labute approximate surface area is 71.4 Å². The molecule has 0 aromatic rings. The molecule has 0 spiro atoms. The predicted octanol–water partition coefficient (Wildman–Crippen LogP) is -1.12. The summed E-state index contributed by atoms with van der Waals surface area (Å²) in [7, 11) is 0. The van der Waals surface area contributed by atoms with E-state index < -0.39 is 0 Å². The molecule has 0 aromatic carbocycles. The van der Waals surface area contributed by atoms with Crippen LogP contribution in [0, 0.1) is 0 Å². The summed E-state index contributed by atoms with van der Waals surface area (Å²) in [6.07, 6.45) is 2.18. The van der Waals surface area contributed by atoms with E-state index in [1.807, 2.05) is 0 Å². The van der Waals surface area contributed by atoms with Crippen molar-refractivity contribution in [1.29, 1.82) is 0 Å². The van der Waals surface area contributed by atoms with Gasteiger partial charge in [-0.05, 0) is 12.8 Å². The third-order valence-electron chi connectivity index (χ3n) is 1.86. The first kappa shape index (κ1) is 8.83. The second-order valence-electron chi connectivity index (χ2n) is 2.83. The standard InChI is InChI=1S/C7H14N4O/c8-7(9)10-5-6(12)11-3-1-2-4-11/h1-5H2,(H4,8,9,10). The van der Waals surface area contributed by atoms with E-state index in [1.165, 1.54) is 0 Å². The smallest absolute Gasteiger partial charge is 0.244 e. The van der Waals surface area contributed by atoms with Gasteiger partial charge in [-0.1, -0.05) is 0 Å². The Morgan fingerprint density at radius 3 is 2.42 bits per heavy atom. The van der Waals surface area contributed by atoms with E-state index in [9.17, 15) is 4.79 Å². The molecule has 0 unspecified atom stereocenters. The number of hydrogen-bond acceptors (Lipinski definition) is 2. The number of guanidine groups is 1. The Balaban J connectivity index is 2.32. The van der Waals surface area contributed by atoms with Gasteiger partial charge in [0.1, 0.15) is 6.54 Å². The van der Waals surface area contributed by atoms with Crippen molar-refractivity contribution in [1.82, 2.24) is 4.90 Å². The second kappa shape index (κ2) is 3.94. The first-order chi connectivity index (χ1) is 5.70. The van der Waals surface area contributed by atoms with Gasteiger partial charge in [-0.2, -0.15) is 0 Å². The predicted molar refractivity (Wildman–Crippen MR) is 46.5 cm³/mol. The first-order valence-electron chi connectivity index (χ1n) is 4.03. The van der Waals surface area contributed by atoms with Gasteiger partial charge in [0.15, 0.2) is 5.96 Å². The fourth-order valence-corrected chi connectivity index (χ4v) is 1.23. The van der Waals surface area contributed by atoms with Gasteiger partial charge >= 0.3 is 0 Å². The highest BCUT2D eigenvalue weighted by atomic mass is 16.2. The van der Waals surface area contributed by atoms with Crippen molar-refractivity contribution in [3.63, 3.8) is 0 Å². The van der Waals surface area contributed by atoms with Gasteiger partial charge in [0.2, 0.25) is 5.91 Å². The van der Waals surface area contributed by atoms with Crippen molar-refractivity contribution in [2.45, 2.75) is 12.8 Å². The number of hydrogen-bond donors (Lipinski definition) is 2. The molecule has 1 amide bonds. The van der Waals surface area contributed by atoms with Crippen LogP contribution >= 0.6 is 0 Å². The van der Waals surface area contributed by atoms with Crippen molar-refractivity contribution < 1.29 is 4.79 Å². The van der Waals surface area contributed by atoms with Gasteiger partial charge in [0, 0.05) is 13.1 Å². The average molecular weight is 170 g/mol. The van der Waals surface area contributed by atoms with Crippen LogP contribution in [0.4, 0.5) is 0 Å². The van der Waals surface area contributed by atoms with Crippen LogP contribution in [0.3, 0.4) is 0 Å². The molecular weight excluding hydrogens is 156 g/mol. The number of carbonyl (C=O) groups excluding carboxylic acids is 1. The van der Waals surface area contributed by atoms with Crippen molar-refractivity contribution in [3.8, 4) is 0 Å². The molecule has 0 radical (unpaired) electrons. The molecule has 5 heteroatoms. The van der Waals surface area contributed by atoms with E-state index in [2.05, 4.69) is 4.99 Å². The Morgan fingerprint density at radius 1 is 1.33 bits per heavy atom. The molecule has 1 aliphatic heterocycles.